The van der Waals surface area contributed by atoms with Crippen molar-refractivity contribution in [3.05, 3.63) is 24.3 Å². The second-order valence-corrected chi connectivity index (χ2v) is 16.9. The minimum Gasteiger partial charge on any atom is -0.462 e. The van der Waals surface area contributed by atoms with Gasteiger partial charge in [0.2, 0.25) is 0 Å². The Balaban J connectivity index is 2.47. The molecular weight excluding hydrogens is 741 g/mol. The first kappa shape index (κ1) is 52.1. The highest BCUT2D eigenvalue weighted by molar-refractivity contribution is 7.85. The van der Waals surface area contributed by atoms with Crippen LogP contribution in [0.1, 0.15) is 181 Å². The molecule has 1 rings (SSSR count). The van der Waals surface area contributed by atoms with E-state index in [9.17, 15) is 37.9 Å². The largest absolute Gasteiger partial charge is 0.462 e. The second kappa shape index (κ2) is 34.0. The molecule has 2 unspecified atom stereocenters. The number of hydrogen-bond acceptors (Lipinski definition) is 11. The molecule has 1 aliphatic rings. The number of carbonyl (C=O) groups is 2. The topological polar surface area (TPSA) is 186 Å². The number of rotatable bonds is 36. The number of aliphatic hydroxyl groups is 3. The molecule has 6 atom stereocenters. The lowest BCUT2D eigenvalue weighted by atomic mass is 10.00. The van der Waals surface area contributed by atoms with Gasteiger partial charge in [-0.1, -0.05) is 134 Å². The lowest BCUT2D eigenvalue weighted by Crippen LogP contribution is -2.60. The second-order valence-electron chi connectivity index (χ2n) is 15.4. The molecule has 4 N–H and O–H groups in total. The number of allylic oxidation sites excluding steroid dienone is 4. The van der Waals surface area contributed by atoms with Crippen LogP contribution in [0.2, 0.25) is 0 Å². The number of carbonyl (C=O) groups excluding carboxylic acids is 2. The fourth-order valence-electron chi connectivity index (χ4n) is 6.53. The van der Waals surface area contributed by atoms with Crippen molar-refractivity contribution in [2.45, 2.75) is 218 Å². The molecule has 0 saturated carbocycles. The van der Waals surface area contributed by atoms with Crippen LogP contribution >= 0.6 is 0 Å². The molecule has 0 aromatic heterocycles. The van der Waals surface area contributed by atoms with Crippen LogP contribution in [-0.4, -0.2) is 96.0 Å². The van der Waals surface area contributed by atoms with Crippen molar-refractivity contribution in [3.63, 3.8) is 0 Å². The summed E-state index contributed by atoms with van der Waals surface area (Å²) in [5, 5.41) is 30.8. The van der Waals surface area contributed by atoms with Gasteiger partial charge in [0.05, 0.1) is 6.61 Å². The van der Waals surface area contributed by atoms with Gasteiger partial charge in [0.25, 0.3) is 10.1 Å². The van der Waals surface area contributed by atoms with E-state index in [4.69, 9.17) is 18.9 Å². The van der Waals surface area contributed by atoms with Gasteiger partial charge < -0.3 is 34.3 Å². The lowest BCUT2D eigenvalue weighted by Gasteiger charge is -2.40. The monoisotopic (exact) mass is 819 g/mol. The number of unbranched alkanes of at least 4 members (excludes halogenated alkanes) is 20. The molecule has 328 valence electrons. The Kier molecular flexibility index (Phi) is 31.7. The van der Waals surface area contributed by atoms with Crippen LogP contribution in [0.5, 0.6) is 0 Å². The summed E-state index contributed by atoms with van der Waals surface area (Å²) in [5.74, 6) is -1.99. The molecule has 56 heavy (non-hydrogen) atoms. The third-order valence-electron chi connectivity index (χ3n) is 10.0. The summed E-state index contributed by atoms with van der Waals surface area (Å²) in [6.07, 6.45) is 26.5. The Morgan fingerprint density at radius 3 is 1.54 bits per heavy atom. The Hall–Kier alpha value is -1.87. The third-order valence-corrected chi connectivity index (χ3v) is 10.8. The Labute approximate surface area is 338 Å². The van der Waals surface area contributed by atoms with Gasteiger partial charge in [0.1, 0.15) is 36.8 Å². The van der Waals surface area contributed by atoms with Crippen LogP contribution in [0.15, 0.2) is 24.3 Å². The van der Waals surface area contributed by atoms with Crippen molar-refractivity contribution in [2.24, 2.45) is 0 Å². The average molecular weight is 819 g/mol. The summed E-state index contributed by atoms with van der Waals surface area (Å²) in [6, 6.07) is 0. The summed E-state index contributed by atoms with van der Waals surface area (Å²) in [4.78, 5) is 25.3. The highest BCUT2D eigenvalue weighted by atomic mass is 32.2. The molecule has 0 spiro atoms. The number of aliphatic hydroxyl groups excluding tert-OH is 3. The molecule has 1 aliphatic heterocycles. The Morgan fingerprint density at radius 1 is 0.589 bits per heavy atom. The van der Waals surface area contributed by atoms with Crippen molar-refractivity contribution in [3.8, 4) is 0 Å². The maximum absolute atomic E-state index is 12.8. The van der Waals surface area contributed by atoms with E-state index in [0.29, 0.717) is 12.8 Å². The standard InChI is InChI=1S/C43H78O12S/c1-3-5-7-9-11-13-15-17-18-20-22-24-26-28-30-32-39(45)54-36(34-53-43-42(48)41(47)40(46)37(55-43)35-56(49,50)51)33-52-38(44)31-29-27-25-23-21-19-16-14-12-10-8-6-4-2/h9,11,14,16,36-37,40-43,46-48H,3-8,10,12-13,15,17-35H2,1-2H3,(H,49,50,51)/b11-9+,16-14+/t36-,37-,40-,41?,42?,43+/m1/s1. The maximum atomic E-state index is 12.8. The molecule has 1 saturated heterocycles. The quantitative estimate of drug-likeness (QED) is 0.0205. The predicted octanol–water partition coefficient (Wildman–Crippen LogP) is 8.45. The number of esters is 2. The van der Waals surface area contributed by atoms with E-state index in [-0.39, 0.29) is 19.4 Å². The van der Waals surface area contributed by atoms with Gasteiger partial charge in [0.15, 0.2) is 12.4 Å². The fraction of sp³-hybridized carbons (Fsp3) is 0.860. The first-order valence-corrected chi connectivity index (χ1v) is 23.5. The molecule has 13 heteroatoms. The van der Waals surface area contributed by atoms with Crippen LogP contribution in [0.25, 0.3) is 0 Å². The smallest absolute Gasteiger partial charge is 0.306 e. The van der Waals surface area contributed by atoms with Gasteiger partial charge in [0, 0.05) is 12.8 Å². The van der Waals surface area contributed by atoms with Crippen molar-refractivity contribution in [1.29, 1.82) is 0 Å². The van der Waals surface area contributed by atoms with Gasteiger partial charge in [-0.2, -0.15) is 8.42 Å². The summed E-state index contributed by atoms with van der Waals surface area (Å²) >= 11 is 0. The summed E-state index contributed by atoms with van der Waals surface area (Å²) in [6.45, 7) is 3.70. The van der Waals surface area contributed by atoms with Crippen LogP contribution < -0.4 is 0 Å². The molecule has 0 amide bonds. The zero-order valence-corrected chi connectivity index (χ0v) is 35.6. The molecule has 0 aliphatic carbocycles. The first-order chi connectivity index (χ1) is 27.0. The molecule has 0 radical (unpaired) electrons. The Morgan fingerprint density at radius 2 is 1.04 bits per heavy atom. The summed E-state index contributed by atoms with van der Waals surface area (Å²) in [5.41, 5.74) is 0. The fourth-order valence-corrected chi connectivity index (χ4v) is 7.22. The lowest BCUT2D eigenvalue weighted by molar-refractivity contribution is -0.297. The maximum Gasteiger partial charge on any atom is 0.306 e. The van der Waals surface area contributed by atoms with Gasteiger partial charge in [-0.15, -0.1) is 0 Å². The van der Waals surface area contributed by atoms with E-state index in [1.54, 1.807) is 0 Å². The molecule has 0 bridgehead atoms. The zero-order valence-electron chi connectivity index (χ0n) is 34.7. The highest BCUT2D eigenvalue weighted by Gasteiger charge is 2.46. The van der Waals surface area contributed by atoms with Crippen molar-refractivity contribution >= 4 is 22.1 Å². The van der Waals surface area contributed by atoms with Gasteiger partial charge in [-0.25, -0.2) is 0 Å². The molecule has 0 aromatic carbocycles. The number of ether oxygens (including phenoxy) is 4. The average Bonchev–Trinajstić information content (AvgIpc) is 3.16. The minimum atomic E-state index is -4.60. The van der Waals surface area contributed by atoms with E-state index in [1.165, 1.54) is 77.0 Å². The van der Waals surface area contributed by atoms with Gasteiger partial charge in [-0.3, -0.25) is 14.1 Å². The number of hydrogen-bond donors (Lipinski definition) is 4. The summed E-state index contributed by atoms with van der Waals surface area (Å²) in [7, 11) is -4.60. The van der Waals surface area contributed by atoms with Gasteiger partial charge in [-0.05, 0) is 57.8 Å². The van der Waals surface area contributed by atoms with E-state index in [0.717, 1.165) is 64.2 Å². The van der Waals surface area contributed by atoms with E-state index in [1.807, 2.05) is 0 Å². The molecule has 0 aromatic rings. The van der Waals surface area contributed by atoms with Crippen LogP contribution in [0.3, 0.4) is 0 Å². The molecule has 1 fully saturated rings. The van der Waals surface area contributed by atoms with E-state index >= 15 is 0 Å². The molecule has 1 heterocycles. The van der Waals surface area contributed by atoms with Crippen LogP contribution in [0, 0.1) is 0 Å². The zero-order chi connectivity index (χ0) is 41.3. The normalized spacial score (nSPS) is 20.9. The highest BCUT2D eigenvalue weighted by Crippen LogP contribution is 2.24. The molecule has 12 nitrogen and oxygen atoms in total. The first-order valence-electron chi connectivity index (χ1n) is 21.9. The van der Waals surface area contributed by atoms with Crippen LogP contribution in [0.4, 0.5) is 0 Å². The van der Waals surface area contributed by atoms with Crippen molar-refractivity contribution in [2.75, 3.05) is 19.0 Å². The van der Waals surface area contributed by atoms with Crippen molar-refractivity contribution < 1.29 is 56.8 Å². The minimum absolute atomic E-state index is 0.162. The van der Waals surface area contributed by atoms with E-state index in [2.05, 4.69) is 38.2 Å². The summed E-state index contributed by atoms with van der Waals surface area (Å²) < 4.78 is 54.0. The van der Waals surface area contributed by atoms with E-state index < -0.39 is 71.2 Å². The van der Waals surface area contributed by atoms with Crippen LogP contribution in [-0.2, 0) is 38.7 Å². The Bertz CT molecular complexity index is 1140. The van der Waals surface area contributed by atoms with Crippen molar-refractivity contribution in [1.82, 2.24) is 0 Å². The molecular formula is C43H78O12S. The third kappa shape index (κ3) is 28.5. The predicted molar refractivity (Wildman–Crippen MR) is 220 cm³/mol. The van der Waals surface area contributed by atoms with Gasteiger partial charge >= 0.3 is 11.9 Å². The SMILES string of the molecule is CCCC/C=C/CCCCCCCCCCCC(=O)O[C@H](COC(=O)CCCCCCC/C=C/CCCCCC)CO[C@H]1O[C@H](CS(=O)(=O)O)[C@@H](O)C(O)C1O.